The van der Waals surface area contributed by atoms with Crippen LogP contribution in [0.5, 0.6) is 11.5 Å². The molecular weight excluding hydrogens is 284 g/mol. The van der Waals surface area contributed by atoms with Crippen molar-refractivity contribution < 1.29 is 9.47 Å². The van der Waals surface area contributed by atoms with Gasteiger partial charge in [0.2, 0.25) is 5.95 Å². The molecule has 116 valence electrons. The highest BCUT2D eigenvalue weighted by Gasteiger charge is 2.03. The average molecular weight is 302 g/mol. The first-order valence-electron chi connectivity index (χ1n) is 6.77. The number of anilines is 1. The number of aromatic amines is 1. The molecule has 1 aromatic carbocycles. The summed E-state index contributed by atoms with van der Waals surface area (Å²) in [4.78, 5) is 18.2. The zero-order valence-corrected chi connectivity index (χ0v) is 12.7. The summed E-state index contributed by atoms with van der Waals surface area (Å²) in [5.74, 6) is 1.63. The Balaban J connectivity index is 2.16. The minimum absolute atomic E-state index is 0.216. The van der Waals surface area contributed by atoms with Gasteiger partial charge in [-0.1, -0.05) is 6.92 Å². The molecule has 0 aliphatic rings. The third-order valence-electron chi connectivity index (χ3n) is 2.97. The third kappa shape index (κ3) is 3.85. The number of hydrogen-bond donors (Lipinski definition) is 2. The lowest BCUT2D eigenvalue weighted by Gasteiger charge is -2.07. The summed E-state index contributed by atoms with van der Waals surface area (Å²) < 4.78 is 10.4. The SMILES string of the molecule is CCc1cc(=O)[nH]c(N/N=C\c2ccc(OC)cc2OC)n1. The molecule has 0 atom stereocenters. The lowest BCUT2D eigenvalue weighted by molar-refractivity contribution is 0.394. The Hall–Kier alpha value is -2.83. The monoisotopic (exact) mass is 302 g/mol. The van der Waals surface area contributed by atoms with Crippen LogP contribution in [0.3, 0.4) is 0 Å². The molecule has 2 aromatic rings. The van der Waals surface area contributed by atoms with E-state index in [1.807, 2.05) is 19.1 Å². The van der Waals surface area contributed by atoms with Gasteiger partial charge in [0.05, 0.1) is 20.4 Å². The van der Waals surface area contributed by atoms with Crippen molar-refractivity contribution >= 4 is 12.2 Å². The fourth-order valence-corrected chi connectivity index (χ4v) is 1.83. The van der Waals surface area contributed by atoms with E-state index in [9.17, 15) is 4.79 Å². The van der Waals surface area contributed by atoms with E-state index in [4.69, 9.17) is 9.47 Å². The number of H-pyrrole nitrogens is 1. The lowest BCUT2D eigenvalue weighted by atomic mass is 10.2. The first-order valence-corrected chi connectivity index (χ1v) is 6.77. The summed E-state index contributed by atoms with van der Waals surface area (Å²) in [6.45, 7) is 1.93. The second kappa shape index (κ2) is 7.26. The molecule has 2 rings (SSSR count). The number of nitrogens with one attached hydrogen (secondary N) is 2. The number of rotatable bonds is 6. The number of hydrazone groups is 1. The average Bonchev–Trinajstić information content (AvgIpc) is 2.54. The molecule has 1 aromatic heterocycles. The molecule has 0 saturated heterocycles. The topological polar surface area (TPSA) is 88.6 Å². The molecule has 0 unspecified atom stereocenters. The van der Waals surface area contributed by atoms with E-state index in [-0.39, 0.29) is 5.56 Å². The zero-order chi connectivity index (χ0) is 15.9. The summed E-state index contributed by atoms with van der Waals surface area (Å²) in [5.41, 5.74) is 3.95. The molecule has 0 radical (unpaired) electrons. The van der Waals surface area contributed by atoms with Crippen LogP contribution >= 0.6 is 0 Å². The van der Waals surface area contributed by atoms with Crippen molar-refractivity contribution in [2.75, 3.05) is 19.6 Å². The van der Waals surface area contributed by atoms with Gasteiger partial charge in [0, 0.05) is 23.4 Å². The van der Waals surface area contributed by atoms with Crippen molar-refractivity contribution in [1.82, 2.24) is 9.97 Å². The molecule has 0 aliphatic carbocycles. The Bertz CT molecular complexity index is 725. The van der Waals surface area contributed by atoms with Crippen LogP contribution in [0.2, 0.25) is 0 Å². The maximum absolute atomic E-state index is 11.5. The van der Waals surface area contributed by atoms with Crippen LogP contribution in [-0.2, 0) is 6.42 Å². The predicted octanol–water partition coefficient (Wildman–Crippen LogP) is 1.80. The molecule has 0 fully saturated rings. The van der Waals surface area contributed by atoms with Gasteiger partial charge in [-0.2, -0.15) is 5.10 Å². The molecular formula is C15H18N4O3. The van der Waals surface area contributed by atoms with E-state index in [1.54, 1.807) is 26.5 Å². The maximum Gasteiger partial charge on any atom is 0.252 e. The van der Waals surface area contributed by atoms with Gasteiger partial charge in [-0.25, -0.2) is 10.4 Å². The van der Waals surface area contributed by atoms with Crippen molar-refractivity contribution in [2.45, 2.75) is 13.3 Å². The highest BCUT2D eigenvalue weighted by atomic mass is 16.5. The van der Waals surface area contributed by atoms with Crippen molar-refractivity contribution in [2.24, 2.45) is 5.10 Å². The first-order chi connectivity index (χ1) is 10.7. The van der Waals surface area contributed by atoms with E-state index in [2.05, 4.69) is 20.5 Å². The van der Waals surface area contributed by atoms with Crippen LogP contribution in [0.4, 0.5) is 5.95 Å². The molecule has 0 aliphatic heterocycles. The fourth-order valence-electron chi connectivity index (χ4n) is 1.83. The van der Waals surface area contributed by atoms with Crippen LogP contribution in [0.15, 0.2) is 34.2 Å². The summed E-state index contributed by atoms with van der Waals surface area (Å²) in [5, 5.41) is 4.06. The van der Waals surface area contributed by atoms with Crippen LogP contribution < -0.4 is 20.5 Å². The first kappa shape index (κ1) is 15.6. The number of methoxy groups -OCH3 is 2. The number of aryl methyl sites for hydroxylation is 1. The molecule has 7 heteroatoms. The number of nitrogens with zero attached hydrogens (tertiary/aromatic N) is 2. The van der Waals surface area contributed by atoms with Gasteiger partial charge in [-0.3, -0.25) is 9.78 Å². The minimum atomic E-state index is -0.216. The van der Waals surface area contributed by atoms with Gasteiger partial charge >= 0.3 is 0 Å². The second-order valence-electron chi connectivity index (χ2n) is 4.42. The smallest absolute Gasteiger partial charge is 0.252 e. The van der Waals surface area contributed by atoms with E-state index in [0.29, 0.717) is 29.6 Å². The maximum atomic E-state index is 11.5. The van der Waals surface area contributed by atoms with Crippen molar-refractivity contribution in [1.29, 1.82) is 0 Å². The molecule has 0 bridgehead atoms. The van der Waals surface area contributed by atoms with Crippen LogP contribution in [-0.4, -0.2) is 30.4 Å². The van der Waals surface area contributed by atoms with Gasteiger partial charge in [0.25, 0.3) is 5.56 Å². The molecule has 1 heterocycles. The number of aromatic nitrogens is 2. The Morgan fingerprint density at radius 2 is 2.14 bits per heavy atom. The summed E-state index contributed by atoms with van der Waals surface area (Å²) in [6.07, 6.45) is 2.26. The van der Waals surface area contributed by atoms with Crippen molar-refractivity contribution in [3.05, 3.63) is 45.9 Å². The van der Waals surface area contributed by atoms with Gasteiger partial charge in [0.1, 0.15) is 11.5 Å². The van der Waals surface area contributed by atoms with E-state index >= 15 is 0 Å². The number of hydrogen-bond acceptors (Lipinski definition) is 6. The van der Waals surface area contributed by atoms with E-state index in [0.717, 1.165) is 5.56 Å². The third-order valence-corrected chi connectivity index (χ3v) is 2.97. The highest BCUT2D eigenvalue weighted by Crippen LogP contribution is 2.23. The zero-order valence-electron chi connectivity index (χ0n) is 12.7. The summed E-state index contributed by atoms with van der Waals surface area (Å²) >= 11 is 0. The standard InChI is InChI=1S/C15H18N4O3/c1-4-11-7-14(20)18-15(17-11)19-16-9-10-5-6-12(21-2)8-13(10)22-3/h5-9H,4H2,1-3H3,(H2,17,18,19,20)/b16-9-. The molecule has 0 spiro atoms. The minimum Gasteiger partial charge on any atom is -0.497 e. The van der Waals surface area contributed by atoms with Crippen LogP contribution in [0.1, 0.15) is 18.2 Å². The van der Waals surface area contributed by atoms with Crippen LogP contribution in [0, 0.1) is 0 Å². The van der Waals surface area contributed by atoms with Gasteiger partial charge in [-0.15, -0.1) is 0 Å². The van der Waals surface area contributed by atoms with E-state index in [1.165, 1.54) is 6.07 Å². The molecule has 0 amide bonds. The predicted molar refractivity (Wildman–Crippen MR) is 85.0 cm³/mol. The Morgan fingerprint density at radius 1 is 1.32 bits per heavy atom. The Labute approximate surface area is 128 Å². The second-order valence-corrected chi connectivity index (χ2v) is 4.42. The van der Waals surface area contributed by atoms with Gasteiger partial charge in [0.15, 0.2) is 0 Å². The Morgan fingerprint density at radius 3 is 2.82 bits per heavy atom. The molecule has 0 saturated carbocycles. The largest absolute Gasteiger partial charge is 0.497 e. The van der Waals surface area contributed by atoms with Gasteiger partial charge < -0.3 is 9.47 Å². The van der Waals surface area contributed by atoms with Crippen molar-refractivity contribution in [3.8, 4) is 11.5 Å². The van der Waals surface area contributed by atoms with Crippen molar-refractivity contribution in [3.63, 3.8) is 0 Å². The van der Waals surface area contributed by atoms with Gasteiger partial charge in [-0.05, 0) is 18.6 Å². The quantitative estimate of drug-likeness (QED) is 0.627. The highest BCUT2D eigenvalue weighted by molar-refractivity contribution is 5.84. The lowest BCUT2D eigenvalue weighted by Crippen LogP contribution is -2.11. The molecule has 2 N–H and O–H groups in total. The fraction of sp³-hybridized carbons (Fsp3) is 0.267. The van der Waals surface area contributed by atoms with Crippen LogP contribution in [0.25, 0.3) is 0 Å². The summed E-state index contributed by atoms with van der Waals surface area (Å²) in [6, 6.07) is 6.85. The van der Waals surface area contributed by atoms with E-state index < -0.39 is 0 Å². The number of ether oxygens (including phenoxy) is 2. The molecule has 7 nitrogen and oxygen atoms in total. The molecule has 22 heavy (non-hydrogen) atoms. The Kier molecular flexibility index (Phi) is 5.13. The summed E-state index contributed by atoms with van der Waals surface area (Å²) in [7, 11) is 3.16. The number of benzene rings is 1. The normalized spacial score (nSPS) is 10.7.